The molecule has 3 rings (SSSR count). The minimum absolute atomic E-state index is 0.358. The molecule has 0 bridgehead atoms. The first kappa shape index (κ1) is 20.1. The predicted octanol–water partition coefficient (Wildman–Crippen LogP) is 5.30. The van der Waals surface area contributed by atoms with E-state index < -0.39 is 5.97 Å². The van der Waals surface area contributed by atoms with Gasteiger partial charge in [0.25, 0.3) is 0 Å². The van der Waals surface area contributed by atoms with Crippen molar-refractivity contribution in [1.82, 2.24) is 0 Å². The summed E-state index contributed by atoms with van der Waals surface area (Å²) in [5, 5.41) is 0. The summed E-state index contributed by atoms with van der Waals surface area (Å²) in [5.74, 6) is -0.435. The molecule has 0 amide bonds. The number of benzene rings is 3. The van der Waals surface area contributed by atoms with Crippen LogP contribution in [0.5, 0.6) is 5.75 Å². The summed E-state index contributed by atoms with van der Waals surface area (Å²) >= 11 is 2.09. The van der Waals surface area contributed by atoms with Crippen LogP contribution in [0.3, 0.4) is 0 Å². The van der Waals surface area contributed by atoms with E-state index in [-0.39, 0.29) is 5.97 Å². The first-order valence-corrected chi connectivity index (χ1v) is 9.99. The lowest BCUT2D eigenvalue weighted by Gasteiger charge is -2.08. The third-order valence-electron chi connectivity index (χ3n) is 4.08. The van der Waals surface area contributed by atoms with Gasteiger partial charge in [-0.1, -0.05) is 42.5 Å². The first-order valence-electron chi connectivity index (χ1n) is 8.91. The van der Waals surface area contributed by atoms with Crippen LogP contribution in [0, 0.1) is 3.57 Å². The highest BCUT2D eigenvalue weighted by molar-refractivity contribution is 14.1. The van der Waals surface area contributed by atoms with E-state index in [4.69, 9.17) is 9.47 Å². The largest absolute Gasteiger partial charge is 0.462 e. The van der Waals surface area contributed by atoms with Crippen LogP contribution in [-0.2, 0) is 11.2 Å². The van der Waals surface area contributed by atoms with Crippen LogP contribution in [0.1, 0.15) is 32.7 Å². The summed E-state index contributed by atoms with van der Waals surface area (Å²) in [7, 11) is 0. The van der Waals surface area contributed by atoms with Crippen LogP contribution >= 0.6 is 22.6 Å². The van der Waals surface area contributed by atoms with Crippen molar-refractivity contribution in [2.24, 2.45) is 0 Å². The van der Waals surface area contributed by atoms with Gasteiger partial charge in [0, 0.05) is 3.57 Å². The molecular formula is C23H19IO4. The molecule has 0 aliphatic carbocycles. The zero-order valence-corrected chi connectivity index (χ0v) is 17.3. The Labute approximate surface area is 177 Å². The second-order valence-electron chi connectivity index (χ2n) is 6.12. The van der Waals surface area contributed by atoms with E-state index in [1.165, 1.54) is 5.56 Å². The highest BCUT2D eigenvalue weighted by Crippen LogP contribution is 2.18. The Morgan fingerprint density at radius 1 is 0.786 bits per heavy atom. The van der Waals surface area contributed by atoms with E-state index in [0.29, 0.717) is 23.5 Å². The standard InChI is InChI=1S/C23H19IO4/c24-21-11-5-4-10-20(21)23(26)28-19-14-12-18(13-15-19)22(25)27-16-6-9-17-7-2-1-3-8-17/h1-5,7-8,10-15H,6,9,16H2. The number of ether oxygens (including phenoxy) is 2. The molecule has 28 heavy (non-hydrogen) atoms. The van der Waals surface area contributed by atoms with Crippen LogP contribution in [0.2, 0.25) is 0 Å². The van der Waals surface area contributed by atoms with Crippen molar-refractivity contribution in [3.63, 3.8) is 0 Å². The van der Waals surface area contributed by atoms with E-state index in [0.717, 1.165) is 16.4 Å². The summed E-state index contributed by atoms with van der Waals surface area (Å²) in [6.07, 6.45) is 1.63. The molecule has 0 saturated carbocycles. The van der Waals surface area contributed by atoms with E-state index in [1.54, 1.807) is 36.4 Å². The normalized spacial score (nSPS) is 10.3. The highest BCUT2D eigenvalue weighted by Gasteiger charge is 2.13. The average molecular weight is 486 g/mol. The molecule has 142 valence electrons. The number of hydrogen-bond acceptors (Lipinski definition) is 4. The summed E-state index contributed by atoms with van der Waals surface area (Å²) in [4.78, 5) is 24.4. The Balaban J connectivity index is 1.48. The highest BCUT2D eigenvalue weighted by atomic mass is 127. The molecule has 0 fully saturated rings. The maximum atomic E-state index is 12.2. The van der Waals surface area contributed by atoms with E-state index in [2.05, 4.69) is 34.7 Å². The molecular weight excluding hydrogens is 467 g/mol. The average Bonchev–Trinajstić information content (AvgIpc) is 2.72. The molecule has 0 heterocycles. The zero-order chi connectivity index (χ0) is 19.8. The fourth-order valence-electron chi connectivity index (χ4n) is 2.62. The first-order chi connectivity index (χ1) is 13.6. The Bertz CT molecular complexity index is 936. The lowest BCUT2D eigenvalue weighted by Crippen LogP contribution is -2.11. The molecule has 3 aromatic carbocycles. The van der Waals surface area contributed by atoms with Crippen LogP contribution in [-0.4, -0.2) is 18.5 Å². The molecule has 0 aromatic heterocycles. The molecule has 0 saturated heterocycles. The van der Waals surface area contributed by atoms with Gasteiger partial charge < -0.3 is 9.47 Å². The molecule has 3 aromatic rings. The van der Waals surface area contributed by atoms with E-state index in [1.807, 2.05) is 30.3 Å². The topological polar surface area (TPSA) is 52.6 Å². The fourth-order valence-corrected chi connectivity index (χ4v) is 3.22. The van der Waals surface area contributed by atoms with Crippen LogP contribution in [0.4, 0.5) is 0 Å². The van der Waals surface area contributed by atoms with Crippen molar-refractivity contribution in [2.45, 2.75) is 12.8 Å². The number of carbonyl (C=O) groups excluding carboxylic acids is 2. The second-order valence-corrected chi connectivity index (χ2v) is 7.28. The van der Waals surface area contributed by atoms with Crippen molar-refractivity contribution < 1.29 is 19.1 Å². The third-order valence-corrected chi connectivity index (χ3v) is 5.02. The number of carbonyl (C=O) groups is 2. The van der Waals surface area contributed by atoms with Gasteiger partial charge >= 0.3 is 11.9 Å². The molecule has 0 atom stereocenters. The van der Waals surface area contributed by atoms with Gasteiger partial charge in [-0.3, -0.25) is 0 Å². The lowest BCUT2D eigenvalue weighted by molar-refractivity contribution is 0.0500. The number of aryl methyl sites for hydroxylation is 1. The molecule has 4 nitrogen and oxygen atoms in total. The third kappa shape index (κ3) is 5.66. The Morgan fingerprint density at radius 2 is 1.46 bits per heavy atom. The van der Waals surface area contributed by atoms with Gasteiger partial charge in [-0.05, 0) is 77.4 Å². The quantitative estimate of drug-likeness (QED) is 0.197. The Kier molecular flexibility index (Phi) is 7.19. The molecule has 0 N–H and O–H groups in total. The summed E-state index contributed by atoms with van der Waals surface area (Å²) < 4.78 is 11.5. The minimum atomic E-state index is -0.429. The Morgan fingerprint density at radius 3 is 2.18 bits per heavy atom. The zero-order valence-electron chi connectivity index (χ0n) is 15.1. The molecule has 0 radical (unpaired) electrons. The van der Waals surface area contributed by atoms with Crippen molar-refractivity contribution >= 4 is 34.5 Å². The second kappa shape index (κ2) is 10.0. The van der Waals surface area contributed by atoms with Crippen molar-refractivity contribution in [3.8, 4) is 5.75 Å². The molecule has 0 aliphatic heterocycles. The molecule has 0 unspecified atom stereocenters. The van der Waals surface area contributed by atoms with Crippen LogP contribution < -0.4 is 4.74 Å². The van der Waals surface area contributed by atoms with Crippen LogP contribution in [0.15, 0.2) is 78.9 Å². The van der Waals surface area contributed by atoms with Crippen molar-refractivity contribution in [2.75, 3.05) is 6.61 Å². The van der Waals surface area contributed by atoms with Gasteiger partial charge in [-0.15, -0.1) is 0 Å². The summed E-state index contributed by atoms with van der Waals surface area (Å²) in [6, 6.07) is 23.6. The SMILES string of the molecule is O=C(OCCCc1ccccc1)c1ccc(OC(=O)c2ccccc2I)cc1. The number of rotatable bonds is 7. The minimum Gasteiger partial charge on any atom is -0.462 e. The maximum absolute atomic E-state index is 12.2. The monoisotopic (exact) mass is 486 g/mol. The van der Waals surface area contributed by atoms with Gasteiger partial charge in [0.05, 0.1) is 17.7 Å². The fraction of sp³-hybridized carbons (Fsp3) is 0.130. The maximum Gasteiger partial charge on any atom is 0.344 e. The molecule has 5 heteroatoms. The summed E-state index contributed by atoms with van der Waals surface area (Å²) in [6.45, 7) is 0.358. The van der Waals surface area contributed by atoms with Gasteiger partial charge in [-0.25, -0.2) is 9.59 Å². The molecule has 0 spiro atoms. The number of esters is 2. The Hall–Kier alpha value is -2.67. The summed E-state index contributed by atoms with van der Waals surface area (Å²) in [5.41, 5.74) is 2.15. The predicted molar refractivity (Wildman–Crippen MR) is 116 cm³/mol. The van der Waals surface area contributed by atoms with E-state index in [9.17, 15) is 9.59 Å². The van der Waals surface area contributed by atoms with Gasteiger partial charge in [-0.2, -0.15) is 0 Å². The van der Waals surface area contributed by atoms with Crippen molar-refractivity contribution in [1.29, 1.82) is 0 Å². The van der Waals surface area contributed by atoms with Gasteiger partial charge in [0.1, 0.15) is 5.75 Å². The van der Waals surface area contributed by atoms with Gasteiger partial charge in [0.2, 0.25) is 0 Å². The van der Waals surface area contributed by atoms with Crippen molar-refractivity contribution in [3.05, 3.63) is 99.1 Å². The molecule has 0 aliphatic rings. The lowest BCUT2D eigenvalue weighted by atomic mass is 10.1. The smallest absolute Gasteiger partial charge is 0.344 e. The number of halogens is 1. The van der Waals surface area contributed by atoms with Crippen LogP contribution in [0.25, 0.3) is 0 Å². The van der Waals surface area contributed by atoms with E-state index >= 15 is 0 Å². The van der Waals surface area contributed by atoms with Gasteiger partial charge in [0.15, 0.2) is 0 Å². The number of hydrogen-bond donors (Lipinski definition) is 0.